The number of hydrazone groups is 1. The van der Waals surface area contributed by atoms with Crippen molar-refractivity contribution in [1.29, 1.82) is 0 Å². The number of hydrogen-bond donors (Lipinski definition) is 2. The van der Waals surface area contributed by atoms with Gasteiger partial charge < -0.3 is 14.6 Å². The van der Waals surface area contributed by atoms with Gasteiger partial charge in [-0.1, -0.05) is 29.8 Å². The summed E-state index contributed by atoms with van der Waals surface area (Å²) in [5, 5.41) is 14.6. The van der Waals surface area contributed by atoms with E-state index in [0.29, 0.717) is 34.3 Å². The third kappa shape index (κ3) is 5.49. The smallest absolute Gasteiger partial charge is 0.271 e. The number of rotatable bonds is 7. The minimum atomic E-state index is -0.382. The lowest BCUT2D eigenvalue weighted by Crippen LogP contribution is -2.17. The Morgan fingerprint density at radius 3 is 2.52 bits per heavy atom. The van der Waals surface area contributed by atoms with Gasteiger partial charge in [0.1, 0.15) is 12.4 Å². The molecule has 0 fully saturated rings. The highest BCUT2D eigenvalue weighted by Gasteiger charge is 2.07. The normalized spacial score (nSPS) is 10.7. The third-order valence-electron chi connectivity index (χ3n) is 4.06. The van der Waals surface area contributed by atoms with Gasteiger partial charge in [0.05, 0.1) is 13.3 Å². The number of aromatic hydroxyl groups is 1. The number of nitrogens with one attached hydrogen (secondary N) is 1. The van der Waals surface area contributed by atoms with Crippen molar-refractivity contribution in [3.05, 3.63) is 88.4 Å². The zero-order valence-corrected chi connectivity index (χ0v) is 16.4. The van der Waals surface area contributed by atoms with Crippen LogP contribution in [0.1, 0.15) is 21.5 Å². The van der Waals surface area contributed by atoms with Crippen LogP contribution in [-0.2, 0) is 6.61 Å². The molecule has 0 aliphatic carbocycles. The molecule has 0 atom stereocenters. The minimum absolute atomic E-state index is 0.0461. The summed E-state index contributed by atoms with van der Waals surface area (Å²) < 4.78 is 10.7. The second-order valence-electron chi connectivity index (χ2n) is 6.04. The van der Waals surface area contributed by atoms with E-state index in [1.54, 1.807) is 54.6 Å². The van der Waals surface area contributed by atoms with Crippen LogP contribution in [0.5, 0.6) is 17.2 Å². The molecule has 3 rings (SSSR count). The van der Waals surface area contributed by atoms with Gasteiger partial charge in [0.2, 0.25) is 0 Å². The van der Waals surface area contributed by atoms with Crippen molar-refractivity contribution in [3.63, 3.8) is 0 Å². The van der Waals surface area contributed by atoms with Crippen molar-refractivity contribution in [2.45, 2.75) is 6.61 Å². The predicted octanol–water partition coefficient (Wildman–Crippen LogP) is 4.40. The van der Waals surface area contributed by atoms with E-state index in [2.05, 4.69) is 10.5 Å². The number of ether oxygens (including phenoxy) is 2. The van der Waals surface area contributed by atoms with E-state index < -0.39 is 0 Å². The average molecular weight is 411 g/mol. The SMILES string of the molecule is COc1cccc(C=NNC(=O)c2ccc(OCc3ccc(Cl)cc3)cc2)c1O. The third-order valence-corrected chi connectivity index (χ3v) is 4.31. The zero-order valence-electron chi connectivity index (χ0n) is 15.6. The van der Waals surface area contributed by atoms with E-state index in [-0.39, 0.29) is 11.7 Å². The molecule has 1 amide bonds. The van der Waals surface area contributed by atoms with Crippen LogP contribution < -0.4 is 14.9 Å². The minimum Gasteiger partial charge on any atom is -0.504 e. The van der Waals surface area contributed by atoms with Gasteiger partial charge in [-0.05, 0) is 54.1 Å². The van der Waals surface area contributed by atoms with Gasteiger partial charge >= 0.3 is 0 Å². The van der Waals surface area contributed by atoms with Crippen molar-refractivity contribution < 1.29 is 19.4 Å². The van der Waals surface area contributed by atoms with Crippen molar-refractivity contribution in [3.8, 4) is 17.2 Å². The zero-order chi connectivity index (χ0) is 20.6. The molecule has 0 unspecified atom stereocenters. The molecule has 29 heavy (non-hydrogen) atoms. The molecule has 0 aliphatic rings. The molecule has 7 heteroatoms. The summed E-state index contributed by atoms with van der Waals surface area (Å²) in [5.74, 6) is 0.541. The summed E-state index contributed by atoms with van der Waals surface area (Å²) in [6, 6.07) is 19.1. The summed E-state index contributed by atoms with van der Waals surface area (Å²) >= 11 is 5.86. The van der Waals surface area contributed by atoms with Crippen molar-refractivity contribution in [2.75, 3.05) is 7.11 Å². The first kappa shape index (κ1) is 20.2. The Kier molecular flexibility index (Phi) is 6.71. The number of benzene rings is 3. The van der Waals surface area contributed by atoms with Gasteiger partial charge in [0.15, 0.2) is 11.5 Å². The second-order valence-corrected chi connectivity index (χ2v) is 6.47. The largest absolute Gasteiger partial charge is 0.504 e. The van der Waals surface area contributed by atoms with E-state index in [0.717, 1.165) is 5.56 Å². The van der Waals surface area contributed by atoms with Crippen LogP contribution in [0.15, 0.2) is 71.8 Å². The van der Waals surface area contributed by atoms with Crippen molar-refractivity contribution >= 4 is 23.7 Å². The Bertz CT molecular complexity index is 1000. The lowest BCUT2D eigenvalue weighted by atomic mass is 10.2. The maximum Gasteiger partial charge on any atom is 0.271 e. The molecule has 0 saturated heterocycles. The first-order valence-corrected chi connectivity index (χ1v) is 9.11. The second kappa shape index (κ2) is 9.61. The lowest BCUT2D eigenvalue weighted by molar-refractivity contribution is 0.0955. The molecule has 0 bridgehead atoms. The molecule has 3 aromatic rings. The van der Waals surface area contributed by atoms with E-state index in [1.165, 1.54) is 13.3 Å². The average Bonchev–Trinajstić information content (AvgIpc) is 2.75. The molecule has 0 saturated carbocycles. The number of para-hydroxylation sites is 1. The first-order valence-electron chi connectivity index (χ1n) is 8.73. The number of hydrogen-bond acceptors (Lipinski definition) is 5. The highest BCUT2D eigenvalue weighted by molar-refractivity contribution is 6.30. The predicted molar refractivity (Wildman–Crippen MR) is 112 cm³/mol. The first-order chi connectivity index (χ1) is 14.1. The van der Waals surface area contributed by atoms with Crippen molar-refractivity contribution in [1.82, 2.24) is 5.43 Å². The van der Waals surface area contributed by atoms with Gasteiger partial charge in [-0.25, -0.2) is 5.43 Å². The Hall–Kier alpha value is -3.51. The summed E-state index contributed by atoms with van der Waals surface area (Å²) in [6.07, 6.45) is 1.35. The number of nitrogens with zero attached hydrogens (tertiary/aromatic N) is 1. The van der Waals surface area contributed by atoms with Crippen LogP contribution in [0.3, 0.4) is 0 Å². The van der Waals surface area contributed by atoms with Gasteiger partial charge in [0.25, 0.3) is 5.91 Å². The summed E-state index contributed by atoms with van der Waals surface area (Å²) in [7, 11) is 1.46. The maximum atomic E-state index is 12.2. The maximum absolute atomic E-state index is 12.2. The topological polar surface area (TPSA) is 80.2 Å². The van der Waals surface area contributed by atoms with Gasteiger partial charge in [-0.3, -0.25) is 4.79 Å². The monoisotopic (exact) mass is 410 g/mol. The van der Waals surface area contributed by atoms with Crippen LogP contribution in [-0.4, -0.2) is 24.3 Å². The summed E-state index contributed by atoms with van der Waals surface area (Å²) in [4.78, 5) is 12.2. The highest BCUT2D eigenvalue weighted by Crippen LogP contribution is 2.27. The molecule has 2 N–H and O–H groups in total. The number of carbonyl (C=O) groups is 1. The fourth-order valence-corrected chi connectivity index (χ4v) is 2.61. The fraction of sp³-hybridized carbons (Fsp3) is 0.0909. The summed E-state index contributed by atoms with van der Waals surface area (Å²) in [5.41, 5.74) is 4.27. The molecule has 0 heterocycles. The lowest BCUT2D eigenvalue weighted by Gasteiger charge is -2.07. The van der Waals surface area contributed by atoms with Crippen LogP contribution >= 0.6 is 11.6 Å². The molecule has 0 spiro atoms. The van der Waals surface area contributed by atoms with E-state index >= 15 is 0 Å². The van der Waals surface area contributed by atoms with Crippen LogP contribution in [0.2, 0.25) is 5.02 Å². The molecule has 0 aliphatic heterocycles. The molecule has 6 nitrogen and oxygen atoms in total. The van der Waals surface area contributed by atoms with E-state index in [1.807, 2.05) is 12.1 Å². The van der Waals surface area contributed by atoms with Crippen LogP contribution in [0, 0.1) is 0 Å². The Morgan fingerprint density at radius 2 is 1.83 bits per heavy atom. The Balaban J connectivity index is 1.55. The van der Waals surface area contributed by atoms with Crippen LogP contribution in [0.4, 0.5) is 0 Å². The molecular formula is C22H19ClN2O4. The standard InChI is InChI=1S/C22H19ClN2O4/c1-28-20-4-2-3-17(21(20)26)13-24-25-22(27)16-7-11-19(12-8-16)29-14-15-5-9-18(23)10-6-15/h2-13,26H,14H2,1H3,(H,25,27). The Morgan fingerprint density at radius 1 is 1.10 bits per heavy atom. The quantitative estimate of drug-likeness (QED) is 0.447. The highest BCUT2D eigenvalue weighted by atomic mass is 35.5. The Labute approximate surface area is 173 Å². The molecular weight excluding hydrogens is 392 g/mol. The molecule has 3 aromatic carbocycles. The van der Waals surface area contributed by atoms with E-state index in [4.69, 9.17) is 21.1 Å². The van der Waals surface area contributed by atoms with Gasteiger partial charge in [-0.15, -0.1) is 0 Å². The number of halogens is 1. The van der Waals surface area contributed by atoms with Gasteiger partial charge in [-0.2, -0.15) is 5.10 Å². The fourth-order valence-electron chi connectivity index (χ4n) is 2.48. The number of amides is 1. The number of phenolic OH excluding ortho intramolecular Hbond substituents is 1. The van der Waals surface area contributed by atoms with E-state index in [9.17, 15) is 9.90 Å². The number of methoxy groups -OCH3 is 1. The molecule has 0 radical (unpaired) electrons. The molecule has 0 aromatic heterocycles. The number of carbonyl (C=O) groups excluding carboxylic acids is 1. The summed E-state index contributed by atoms with van der Waals surface area (Å²) in [6.45, 7) is 0.400. The van der Waals surface area contributed by atoms with Gasteiger partial charge in [0, 0.05) is 16.1 Å². The number of phenols is 1. The van der Waals surface area contributed by atoms with Crippen LogP contribution in [0.25, 0.3) is 0 Å². The molecule has 148 valence electrons. The van der Waals surface area contributed by atoms with Crippen molar-refractivity contribution in [2.24, 2.45) is 5.10 Å².